The summed E-state index contributed by atoms with van der Waals surface area (Å²) in [6.07, 6.45) is 0. The van der Waals surface area contributed by atoms with Gasteiger partial charge in [0, 0.05) is 24.7 Å². The molecule has 20 heavy (non-hydrogen) atoms. The number of benzene rings is 1. The summed E-state index contributed by atoms with van der Waals surface area (Å²) in [6.45, 7) is 6.40. The minimum atomic E-state index is -0.121. The van der Waals surface area contributed by atoms with Gasteiger partial charge in [0.25, 0.3) is 5.91 Å². The first-order chi connectivity index (χ1) is 9.58. The molecule has 2 rings (SSSR count). The van der Waals surface area contributed by atoms with Crippen molar-refractivity contribution >= 4 is 5.91 Å². The summed E-state index contributed by atoms with van der Waals surface area (Å²) in [7, 11) is 0. The summed E-state index contributed by atoms with van der Waals surface area (Å²) in [6, 6.07) is 5.75. The minimum Gasteiger partial charge on any atom is -0.483 e. The molecular weight excluding hydrogens is 256 g/mol. The predicted molar refractivity (Wildman–Crippen MR) is 76.7 cm³/mol. The van der Waals surface area contributed by atoms with Crippen molar-refractivity contribution in [2.24, 2.45) is 5.73 Å². The molecule has 0 bridgehead atoms. The molecule has 1 amide bonds. The van der Waals surface area contributed by atoms with Gasteiger partial charge in [-0.2, -0.15) is 0 Å². The Bertz CT molecular complexity index is 468. The van der Waals surface area contributed by atoms with E-state index < -0.39 is 0 Å². The van der Waals surface area contributed by atoms with E-state index in [-0.39, 0.29) is 18.6 Å². The van der Waals surface area contributed by atoms with Crippen LogP contribution in [0.25, 0.3) is 0 Å². The number of aryl methyl sites for hydroxylation is 1. The lowest BCUT2D eigenvalue weighted by atomic mass is 10.1. The molecule has 1 saturated heterocycles. The van der Waals surface area contributed by atoms with Crippen molar-refractivity contribution in [1.29, 1.82) is 0 Å². The van der Waals surface area contributed by atoms with Crippen molar-refractivity contribution in [2.75, 3.05) is 32.9 Å². The Morgan fingerprint density at radius 1 is 1.45 bits per heavy atom. The van der Waals surface area contributed by atoms with Gasteiger partial charge in [0.15, 0.2) is 6.61 Å². The van der Waals surface area contributed by atoms with Gasteiger partial charge in [0.05, 0.1) is 13.2 Å². The average Bonchev–Trinajstić information content (AvgIpc) is 2.45. The van der Waals surface area contributed by atoms with Gasteiger partial charge < -0.3 is 20.1 Å². The van der Waals surface area contributed by atoms with Crippen LogP contribution in [0.1, 0.15) is 24.1 Å². The molecular formula is C15H22N2O3. The zero-order valence-electron chi connectivity index (χ0n) is 12.1. The van der Waals surface area contributed by atoms with Crippen LogP contribution in [-0.4, -0.2) is 43.7 Å². The number of hydrogen-bond acceptors (Lipinski definition) is 4. The van der Waals surface area contributed by atoms with E-state index in [4.69, 9.17) is 15.2 Å². The molecule has 0 saturated carbocycles. The van der Waals surface area contributed by atoms with E-state index in [1.807, 2.05) is 32.0 Å². The first-order valence-corrected chi connectivity index (χ1v) is 6.92. The molecule has 1 atom stereocenters. The third-order valence-corrected chi connectivity index (χ3v) is 3.37. The third kappa shape index (κ3) is 3.71. The first kappa shape index (κ1) is 14.8. The van der Waals surface area contributed by atoms with Crippen LogP contribution < -0.4 is 10.5 Å². The van der Waals surface area contributed by atoms with Gasteiger partial charge >= 0.3 is 0 Å². The largest absolute Gasteiger partial charge is 0.483 e. The van der Waals surface area contributed by atoms with Crippen LogP contribution >= 0.6 is 0 Å². The van der Waals surface area contributed by atoms with Crippen LogP contribution in [0.3, 0.4) is 0 Å². The molecule has 1 aromatic carbocycles. The highest BCUT2D eigenvalue weighted by molar-refractivity contribution is 5.77. The Hall–Kier alpha value is -1.59. The summed E-state index contributed by atoms with van der Waals surface area (Å²) in [5.74, 6) is 0.687. The molecule has 110 valence electrons. The summed E-state index contributed by atoms with van der Waals surface area (Å²) < 4.78 is 10.9. The summed E-state index contributed by atoms with van der Waals surface area (Å²) in [4.78, 5) is 13.8. The Kier molecular flexibility index (Phi) is 4.98. The molecule has 0 unspecified atom stereocenters. The fraction of sp³-hybridized carbons (Fsp3) is 0.533. The maximum atomic E-state index is 12.1. The number of morpholine rings is 1. The number of rotatable bonds is 4. The standard InChI is InChI=1S/C15H22N2O3/c1-11-3-4-13(12(2)16)14(9-11)20-10-15(18)17-5-7-19-8-6-17/h3-4,9,12H,5-8,10,16H2,1-2H3/t12-/m1/s1. The lowest BCUT2D eigenvalue weighted by Gasteiger charge is -2.27. The molecule has 1 heterocycles. The van der Waals surface area contributed by atoms with Crippen LogP contribution in [-0.2, 0) is 9.53 Å². The second-order valence-corrected chi connectivity index (χ2v) is 5.11. The highest BCUT2D eigenvalue weighted by Gasteiger charge is 2.18. The minimum absolute atomic E-state index is 0.00886. The van der Waals surface area contributed by atoms with Crippen molar-refractivity contribution in [2.45, 2.75) is 19.9 Å². The van der Waals surface area contributed by atoms with Crippen molar-refractivity contribution in [1.82, 2.24) is 4.90 Å². The topological polar surface area (TPSA) is 64.8 Å². The number of hydrogen-bond donors (Lipinski definition) is 1. The van der Waals surface area contributed by atoms with E-state index in [1.54, 1.807) is 4.90 Å². The van der Waals surface area contributed by atoms with Gasteiger partial charge in [0.2, 0.25) is 0 Å². The quantitative estimate of drug-likeness (QED) is 0.900. The van der Waals surface area contributed by atoms with E-state index in [2.05, 4.69) is 0 Å². The second-order valence-electron chi connectivity index (χ2n) is 5.11. The Balaban J connectivity index is 1.99. The van der Waals surface area contributed by atoms with Crippen molar-refractivity contribution in [3.8, 4) is 5.75 Å². The van der Waals surface area contributed by atoms with Crippen molar-refractivity contribution in [3.63, 3.8) is 0 Å². The Labute approximate surface area is 119 Å². The molecule has 5 heteroatoms. The van der Waals surface area contributed by atoms with Gasteiger partial charge in [-0.15, -0.1) is 0 Å². The van der Waals surface area contributed by atoms with Gasteiger partial charge in [0.1, 0.15) is 5.75 Å². The number of carbonyl (C=O) groups excluding carboxylic acids is 1. The first-order valence-electron chi connectivity index (χ1n) is 6.92. The summed E-state index contributed by atoms with van der Waals surface area (Å²) in [5.41, 5.74) is 7.93. The second kappa shape index (κ2) is 6.72. The smallest absolute Gasteiger partial charge is 0.260 e. The van der Waals surface area contributed by atoms with E-state index in [0.29, 0.717) is 32.1 Å². The maximum absolute atomic E-state index is 12.1. The molecule has 0 aliphatic carbocycles. The third-order valence-electron chi connectivity index (χ3n) is 3.37. The highest BCUT2D eigenvalue weighted by atomic mass is 16.5. The fourth-order valence-corrected chi connectivity index (χ4v) is 2.19. The molecule has 0 aromatic heterocycles. The van der Waals surface area contributed by atoms with Gasteiger partial charge in [-0.05, 0) is 25.5 Å². The zero-order valence-corrected chi connectivity index (χ0v) is 12.1. The fourth-order valence-electron chi connectivity index (χ4n) is 2.19. The number of amides is 1. The van der Waals surface area contributed by atoms with Crippen LogP contribution in [0.4, 0.5) is 0 Å². The molecule has 0 radical (unpaired) electrons. The lowest BCUT2D eigenvalue weighted by molar-refractivity contribution is -0.137. The molecule has 1 aromatic rings. The zero-order chi connectivity index (χ0) is 14.5. The monoisotopic (exact) mass is 278 g/mol. The van der Waals surface area contributed by atoms with E-state index in [0.717, 1.165) is 11.1 Å². The van der Waals surface area contributed by atoms with Crippen LogP contribution in [0.5, 0.6) is 5.75 Å². The summed E-state index contributed by atoms with van der Waals surface area (Å²) in [5, 5.41) is 0. The normalized spacial score (nSPS) is 16.9. The van der Waals surface area contributed by atoms with Crippen molar-refractivity contribution in [3.05, 3.63) is 29.3 Å². The van der Waals surface area contributed by atoms with E-state index >= 15 is 0 Å². The van der Waals surface area contributed by atoms with Gasteiger partial charge in [-0.3, -0.25) is 4.79 Å². The van der Waals surface area contributed by atoms with Gasteiger partial charge in [-0.25, -0.2) is 0 Å². The summed E-state index contributed by atoms with van der Waals surface area (Å²) >= 11 is 0. The van der Waals surface area contributed by atoms with Crippen LogP contribution in [0.15, 0.2) is 18.2 Å². The molecule has 0 spiro atoms. The molecule has 1 aliphatic heterocycles. The number of carbonyl (C=O) groups is 1. The van der Waals surface area contributed by atoms with E-state index in [9.17, 15) is 4.79 Å². The highest BCUT2D eigenvalue weighted by Crippen LogP contribution is 2.25. The molecule has 1 fully saturated rings. The maximum Gasteiger partial charge on any atom is 0.260 e. The van der Waals surface area contributed by atoms with Crippen LogP contribution in [0, 0.1) is 6.92 Å². The lowest BCUT2D eigenvalue weighted by Crippen LogP contribution is -2.43. The van der Waals surface area contributed by atoms with Crippen LogP contribution in [0.2, 0.25) is 0 Å². The number of ether oxygens (including phenoxy) is 2. The predicted octanol–water partition coefficient (Wildman–Crippen LogP) is 1.25. The number of nitrogens with two attached hydrogens (primary N) is 1. The molecule has 5 nitrogen and oxygen atoms in total. The molecule has 2 N–H and O–H groups in total. The number of nitrogens with zero attached hydrogens (tertiary/aromatic N) is 1. The SMILES string of the molecule is Cc1ccc([C@@H](C)N)c(OCC(=O)N2CCOCC2)c1. The van der Waals surface area contributed by atoms with Crippen molar-refractivity contribution < 1.29 is 14.3 Å². The average molecular weight is 278 g/mol. The Morgan fingerprint density at radius 2 is 2.15 bits per heavy atom. The Morgan fingerprint density at radius 3 is 2.80 bits per heavy atom. The molecule has 1 aliphatic rings. The van der Waals surface area contributed by atoms with E-state index in [1.165, 1.54) is 0 Å². The van der Waals surface area contributed by atoms with Gasteiger partial charge in [-0.1, -0.05) is 12.1 Å².